The Morgan fingerprint density at radius 2 is 1.95 bits per heavy atom. The van der Waals surface area contributed by atoms with Gasteiger partial charge in [0, 0.05) is 11.6 Å². The van der Waals surface area contributed by atoms with Gasteiger partial charge in [0.15, 0.2) is 0 Å². The van der Waals surface area contributed by atoms with Gasteiger partial charge in [-0.05, 0) is 82.5 Å². The van der Waals surface area contributed by atoms with Gasteiger partial charge < -0.3 is 15.0 Å². The number of nitrogens with one attached hydrogen (secondary N) is 1. The van der Waals surface area contributed by atoms with Crippen LogP contribution in [-0.2, 0) is 0 Å². The third-order valence-electron chi connectivity index (χ3n) is 4.21. The predicted molar refractivity (Wildman–Crippen MR) is 89.3 cm³/mol. The monoisotopic (exact) mass is 310 g/mol. The van der Waals surface area contributed by atoms with Crippen molar-refractivity contribution < 1.29 is 4.74 Å². The molecule has 0 spiro atoms. The van der Waals surface area contributed by atoms with Gasteiger partial charge in [-0.2, -0.15) is 0 Å². The average molecular weight is 311 g/mol. The molecule has 0 aliphatic carbocycles. The second-order valence-electron chi connectivity index (χ2n) is 5.83. The summed E-state index contributed by atoms with van der Waals surface area (Å²) >= 11 is 5.85. The maximum atomic E-state index is 5.85. The topological polar surface area (TPSA) is 24.5 Å². The van der Waals surface area contributed by atoms with E-state index in [4.69, 9.17) is 16.3 Å². The van der Waals surface area contributed by atoms with E-state index in [0.717, 1.165) is 42.8 Å². The molecule has 1 heterocycles. The minimum absolute atomic E-state index is 0.753. The Kier molecular flexibility index (Phi) is 7.34. The number of rotatable bonds is 8. The van der Waals surface area contributed by atoms with Gasteiger partial charge in [0.2, 0.25) is 0 Å². The summed E-state index contributed by atoms with van der Waals surface area (Å²) in [6.45, 7) is 5.57. The van der Waals surface area contributed by atoms with Crippen molar-refractivity contribution in [1.29, 1.82) is 0 Å². The first-order valence-corrected chi connectivity index (χ1v) is 8.41. The molecule has 0 amide bonds. The van der Waals surface area contributed by atoms with Crippen LogP contribution < -0.4 is 10.1 Å². The molecule has 1 aliphatic rings. The Labute approximate surface area is 133 Å². The van der Waals surface area contributed by atoms with Crippen molar-refractivity contribution in [2.75, 3.05) is 39.8 Å². The zero-order chi connectivity index (χ0) is 14.9. The van der Waals surface area contributed by atoms with Crippen molar-refractivity contribution in [3.05, 3.63) is 29.3 Å². The molecule has 0 aromatic heterocycles. The molecule has 0 unspecified atom stereocenters. The molecule has 1 aliphatic heterocycles. The average Bonchev–Trinajstić information content (AvgIpc) is 2.52. The molecule has 4 heteroatoms. The van der Waals surface area contributed by atoms with Crippen LogP contribution in [0.15, 0.2) is 24.3 Å². The third-order valence-corrected chi connectivity index (χ3v) is 4.46. The smallest absolute Gasteiger partial charge is 0.119 e. The van der Waals surface area contributed by atoms with E-state index < -0.39 is 0 Å². The number of likely N-dealkylation sites (tertiary alicyclic amines) is 1. The molecular weight excluding hydrogens is 284 g/mol. The maximum absolute atomic E-state index is 5.85. The van der Waals surface area contributed by atoms with Crippen LogP contribution in [0.3, 0.4) is 0 Å². The molecule has 1 fully saturated rings. The normalized spacial score (nSPS) is 17.0. The van der Waals surface area contributed by atoms with Crippen LogP contribution in [0.2, 0.25) is 5.02 Å². The SMILES string of the molecule is CNCCC1CCN(CCCOc2ccc(Cl)cc2)CC1. The van der Waals surface area contributed by atoms with Crippen molar-refractivity contribution in [1.82, 2.24) is 10.2 Å². The molecule has 1 aromatic rings. The lowest BCUT2D eigenvalue weighted by atomic mass is 9.93. The van der Waals surface area contributed by atoms with Crippen LogP contribution in [0, 0.1) is 5.92 Å². The Morgan fingerprint density at radius 3 is 2.62 bits per heavy atom. The largest absolute Gasteiger partial charge is 0.494 e. The lowest BCUT2D eigenvalue weighted by Gasteiger charge is -2.31. The fourth-order valence-electron chi connectivity index (χ4n) is 2.86. The van der Waals surface area contributed by atoms with E-state index in [1.54, 1.807) is 0 Å². The predicted octanol–water partition coefficient (Wildman–Crippen LogP) is 3.43. The number of ether oxygens (including phenoxy) is 1. The van der Waals surface area contributed by atoms with Gasteiger partial charge >= 0.3 is 0 Å². The van der Waals surface area contributed by atoms with Gasteiger partial charge in [-0.3, -0.25) is 0 Å². The molecule has 0 atom stereocenters. The molecule has 2 rings (SSSR count). The highest BCUT2D eigenvalue weighted by Crippen LogP contribution is 2.20. The molecule has 1 N–H and O–H groups in total. The van der Waals surface area contributed by atoms with Gasteiger partial charge in [0.25, 0.3) is 0 Å². The summed E-state index contributed by atoms with van der Waals surface area (Å²) < 4.78 is 5.73. The van der Waals surface area contributed by atoms with E-state index in [9.17, 15) is 0 Å². The van der Waals surface area contributed by atoms with Crippen molar-refractivity contribution in [3.8, 4) is 5.75 Å². The van der Waals surface area contributed by atoms with Crippen LogP contribution >= 0.6 is 11.6 Å². The number of hydrogen-bond donors (Lipinski definition) is 1. The summed E-state index contributed by atoms with van der Waals surface area (Å²) in [6.07, 6.45) is 5.10. The van der Waals surface area contributed by atoms with E-state index >= 15 is 0 Å². The van der Waals surface area contributed by atoms with Crippen LogP contribution in [0.25, 0.3) is 0 Å². The number of hydrogen-bond acceptors (Lipinski definition) is 3. The Bertz CT molecular complexity index is 388. The third kappa shape index (κ3) is 6.25. The maximum Gasteiger partial charge on any atom is 0.119 e. The van der Waals surface area contributed by atoms with E-state index in [-0.39, 0.29) is 0 Å². The van der Waals surface area contributed by atoms with E-state index in [0.29, 0.717) is 0 Å². The first-order valence-electron chi connectivity index (χ1n) is 8.03. The van der Waals surface area contributed by atoms with Crippen LogP contribution in [0.5, 0.6) is 5.75 Å². The molecule has 1 aromatic carbocycles. The van der Waals surface area contributed by atoms with Crippen molar-refractivity contribution >= 4 is 11.6 Å². The Morgan fingerprint density at radius 1 is 1.24 bits per heavy atom. The quantitative estimate of drug-likeness (QED) is 0.745. The number of halogens is 1. The summed E-state index contributed by atoms with van der Waals surface area (Å²) in [5, 5.41) is 4.00. The molecule has 0 saturated carbocycles. The van der Waals surface area contributed by atoms with Crippen LogP contribution in [0.1, 0.15) is 25.7 Å². The second-order valence-corrected chi connectivity index (χ2v) is 6.27. The Balaban J connectivity index is 1.54. The first-order chi connectivity index (χ1) is 10.3. The lowest BCUT2D eigenvalue weighted by molar-refractivity contribution is 0.167. The molecule has 0 radical (unpaired) electrons. The van der Waals surface area contributed by atoms with Gasteiger partial charge in [0.1, 0.15) is 5.75 Å². The highest BCUT2D eigenvalue weighted by atomic mass is 35.5. The number of benzene rings is 1. The van der Waals surface area contributed by atoms with E-state index in [1.807, 2.05) is 31.3 Å². The van der Waals surface area contributed by atoms with Crippen molar-refractivity contribution in [2.45, 2.75) is 25.7 Å². The standard InChI is InChI=1S/C17H27ClN2O/c1-19-10-7-15-8-12-20(13-9-15)11-2-14-21-17-5-3-16(18)4-6-17/h3-6,15,19H,2,7-14H2,1H3. The fourth-order valence-corrected chi connectivity index (χ4v) is 2.98. The van der Waals surface area contributed by atoms with Gasteiger partial charge in [0.05, 0.1) is 6.61 Å². The number of piperidine rings is 1. The highest BCUT2D eigenvalue weighted by molar-refractivity contribution is 6.30. The van der Waals surface area contributed by atoms with Gasteiger partial charge in [-0.15, -0.1) is 0 Å². The summed E-state index contributed by atoms with van der Waals surface area (Å²) in [5.41, 5.74) is 0. The summed E-state index contributed by atoms with van der Waals surface area (Å²) in [7, 11) is 2.04. The summed E-state index contributed by atoms with van der Waals surface area (Å²) in [6, 6.07) is 7.59. The fraction of sp³-hybridized carbons (Fsp3) is 0.647. The molecular formula is C17H27ClN2O. The summed E-state index contributed by atoms with van der Waals surface area (Å²) in [4.78, 5) is 2.57. The van der Waals surface area contributed by atoms with E-state index in [1.165, 1.54) is 32.4 Å². The molecule has 3 nitrogen and oxygen atoms in total. The molecule has 0 bridgehead atoms. The molecule has 1 saturated heterocycles. The second kappa shape index (κ2) is 9.29. The molecule has 21 heavy (non-hydrogen) atoms. The highest BCUT2D eigenvalue weighted by Gasteiger charge is 2.18. The van der Waals surface area contributed by atoms with Crippen LogP contribution in [0.4, 0.5) is 0 Å². The zero-order valence-corrected chi connectivity index (χ0v) is 13.7. The van der Waals surface area contributed by atoms with Crippen molar-refractivity contribution in [3.63, 3.8) is 0 Å². The zero-order valence-electron chi connectivity index (χ0n) is 13.0. The van der Waals surface area contributed by atoms with Gasteiger partial charge in [-0.25, -0.2) is 0 Å². The molecule has 118 valence electrons. The minimum Gasteiger partial charge on any atom is -0.494 e. The summed E-state index contributed by atoms with van der Waals surface area (Å²) in [5.74, 6) is 1.82. The number of nitrogens with zero attached hydrogens (tertiary/aromatic N) is 1. The Hall–Kier alpha value is -0.770. The minimum atomic E-state index is 0.753. The first kappa shape index (κ1) is 16.6. The van der Waals surface area contributed by atoms with Crippen molar-refractivity contribution in [2.24, 2.45) is 5.92 Å². The lowest BCUT2D eigenvalue weighted by Crippen LogP contribution is -2.35. The van der Waals surface area contributed by atoms with E-state index in [2.05, 4.69) is 10.2 Å². The van der Waals surface area contributed by atoms with Crippen LogP contribution in [-0.4, -0.2) is 44.7 Å². The van der Waals surface area contributed by atoms with Gasteiger partial charge in [-0.1, -0.05) is 11.6 Å².